The molecular weight excluding hydrogens is 781 g/mol. The Kier molecular flexibility index (Phi) is 8.61. The van der Waals surface area contributed by atoms with Crippen molar-refractivity contribution in [2.75, 3.05) is 0 Å². The first-order valence-corrected chi connectivity index (χ1v) is 19.7. The minimum atomic E-state index is 0.495. The summed E-state index contributed by atoms with van der Waals surface area (Å²) in [6.45, 7) is 5.29. The smallest absolute Gasteiger partial charge is 0.223 e. The van der Waals surface area contributed by atoms with Gasteiger partial charge in [0.2, 0.25) is 35.1 Å². The van der Waals surface area contributed by atoms with Gasteiger partial charge in [-0.2, -0.15) is 15.0 Å². The molecule has 0 atom stereocenters. The molecule has 0 aliphatic rings. The van der Waals surface area contributed by atoms with Crippen molar-refractivity contribution in [3.8, 4) is 97.6 Å². The fourth-order valence-corrected chi connectivity index (χ4v) is 8.47. The molecule has 0 aliphatic carbocycles. The minimum Gasteiger partial charge on any atom is -0.339 e. The Bertz CT molecular complexity index is 2730. The van der Waals surface area contributed by atoms with E-state index >= 15 is 0 Å². The maximum atomic E-state index is 5.20. The average Bonchev–Trinajstić information content (AvgIpc) is 4.10. The van der Waals surface area contributed by atoms with Crippen LogP contribution in [0, 0.1) is 20.8 Å². The lowest BCUT2D eigenvalue weighted by molar-refractivity contribution is 0.394. The van der Waals surface area contributed by atoms with Gasteiger partial charge in [0.05, 0.1) is 0 Å². The molecule has 18 heteroatoms. The van der Waals surface area contributed by atoms with Gasteiger partial charge in [0.15, 0.2) is 0 Å². The third-order valence-electron chi connectivity index (χ3n) is 8.63. The molecule has 0 bridgehead atoms. The summed E-state index contributed by atoms with van der Waals surface area (Å²) in [5.41, 5.74) is 7.63. The first kappa shape index (κ1) is 34.5. The van der Waals surface area contributed by atoms with Gasteiger partial charge in [0.25, 0.3) is 0 Å². The molecule has 0 saturated carbocycles. The predicted octanol–water partition coefficient (Wildman–Crippen LogP) is 9.32. The maximum absolute atomic E-state index is 5.20. The van der Waals surface area contributed by atoms with Crippen molar-refractivity contribution in [1.29, 1.82) is 0 Å². The highest BCUT2D eigenvalue weighted by Gasteiger charge is 2.19. The van der Waals surface area contributed by atoms with E-state index in [0.717, 1.165) is 80.1 Å². The largest absolute Gasteiger partial charge is 0.339 e. The van der Waals surface area contributed by atoms with Gasteiger partial charge in [-0.15, -0.1) is 30.6 Å². The quantitative estimate of drug-likeness (QED) is 0.134. The third kappa shape index (κ3) is 6.92. The second-order valence-electron chi connectivity index (χ2n) is 12.7. The first-order chi connectivity index (χ1) is 27.9. The van der Waals surface area contributed by atoms with Gasteiger partial charge in [-0.1, -0.05) is 104 Å². The van der Waals surface area contributed by atoms with Crippen molar-refractivity contribution >= 4 is 34.0 Å². The topological polar surface area (TPSA) is 194 Å². The Morgan fingerprint density at radius 1 is 0.333 bits per heavy atom. The summed E-state index contributed by atoms with van der Waals surface area (Å²) in [4.78, 5) is 13.1. The van der Waals surface area contributed by atoms with Crippen LogP contribution >= 0.6 is 34.0 Å². The third-order valence-corrected chi connectivity index (χ3v) is 11.7. The van der Waals surface area contributed by atoms with Gasteiger partial charge in [-0.25, -0.2) is 0 Å². The molecule has 6 aromatic heterocycles. The summed E-state index contributed by atoms with van der Waals surface area (Å²) in [6, 6.07) is 29.6. The second kappa shape index (κ2) is 14.2. The Balaban J connectivity index is 1.03. The fourth-order valence-electron chi connectivity index (χ4n) is 5.99. The molecule has 0 spiro atoms. The zero-order valence-electron chi connectivity index (χ0n) is 30.0. The van der Waals surface area contributed by atoms with Crippen molar-refractivity contribution in [3.05, 3.63) is 109 Å². The highest BCUT2D eigenvalue weighted by atomic mass is 32.1. The number of hydrogen-bond acceptors (Lipinski definition) is 18. The number of nitrogens with zero attached hydrogens (tertiary/aromatic N) is 12. The van der Waals surface area contributed by atoms with Crippen LogP contribution in [0.5, 0.6) is 0 Å². The highest BCUT2D eigenvalue weighted by Crippen LogP contribution is 2.40. The molecular formula is C39H24N12O3S3. The van der Waals surface area contributed by atoms with E-state index in [2.05, 4.69) is 61.0 Å². The fraction of sp³-hybridized carbons (Fsp3) is 0.0769. The molecule has 0 radical (unpaired) electrons. The molecule has 6 heterocycles. The highest BCUT2D eigenvalue weighted by molar-refractivity contribution is 7.19. The van der Waals surface area contributed by atoms with E-state index in [1.165, 1.54) is 34.0 Å². The van der Waals surface area contributed by atoms with Crippen LogP contribution in [0.1, 0.15) is 17.7 Å². The molecule has 15 nitrogen and oxygen atoms in total. The number of aryl methyl sites for hydroxylation is 3. The van der Waals surface area contributed by atoms with Gasteiger partial charge in [-0.05, 0) is 36.4 Å². The molecule has 4 aromatic carbocycles. The number of aromatic nitrogens is 12. The van der Waals surface area contributed by atoms with Crippen LogP contribution in [0.2, 0.25) is 0 Å². The monoisotopic (exact) mass is 804 g/mol. The van der Waals surface area contributed by atoms with E-state index in [4.69, 9.17) is 13.6 Å². The van der Waals surface area contributed by atoms with E-state index in [9.17, 15) is 0 Å². The summed E-state index contributed by atoms with van der Waals surface area (Å²) in [7, 11) is 0. The van der Waals surface area contributed by atoms with Crippen molar-refractivity contribution in [2.24, 2.45) is 0 Å². The van der Waals surface area contributed by atoms with Gasteiger partial charge < -0.3 is 13.6 Å². The maximum Gasteiger partial charge on any atom is 0.223 e. The SMILES string of the molecule is Cc1nc(-c2cccc(-c3nnc(-c4cc(-c5nnc(-c6cccc(-c7noc(C)n7)c6)s5)cc(-c5nnc(-c6cccc(-c7noc(C)n7)c6)s5)c4)s3)c2)no1. The zero-order chi connectivity index (χ0) is 38.5. The normalized spacial score (nSPS) is 11.4. The zero-order valence-corrected chi connectivity index (χ0v) is 32.4. The van der Waals surface area contributed by atoms with Crippen molar-refractivity contribution in [2.45, 2.75) is 20.8 Å². The van der Waals surface area contributed by atoms with Gasteiger partial charge in [0.1, 0.15) is 30.0 Å². The van der Waals surface area contributed by atoms with Crippen LogP contribution < -0.4 is 0 Å². The summed E-state index contributed by atoms with van der Waals surface area (Å²) in [6.07, 6.45) is 0. The summed E-state index contributed by atoms with van der Waals surface area (Å²) in [5.74, 6) is 3.02. The van der Waals surface area contributed by atoms with Gasteiger partial charge in [0, 0.05) is 70.8 Å². The number of hydrogen-bond donors (Lipinski definition) is 0. The van der Waals surface area contributed by atoms with Crippen molar-refractivity contribution < 1.29 is 13.6 Å². The van der Waals surface area contributed by atoms with Crippen LogP contribution in [0.25, 0.3) is 97.6 Å². The van der Waals surface area contributed by atoms with Crippen LogP contribution in [0.3, 0.4) is 0 Å². The molecule has 10 rings (SSSR count). The lowest BCUT2D eigenvalue weighted by Crippen LogP contribution is -1.86. The molecule has 0 amide bonds. The molecule has 276 valence electrons. The van der Waals surface area contributed by atoms with E-state index in [1.807, 2.05) is 91.0 Å². The van der Waals surface area contributed by atoms with E-state index < -0.39 is 0 Å². The molecule has 57 heavy (non-hydrogen) atoms. The first-order valence-electron chi connectivity index (χ1n) is 17.3. The Morgan fingerprint density at radius 2 is 0.579 bits per heavy atom. The standard InChI is InChI=1S/C39H24N12O3S3/c1-19-40-31(49-52-19)22-7-4-10-25(13-22)34-43-46-37(55-34)28-16-29(38-47-44-35(56-38)26-11-5-8-23(14-26)32-41-20(2)53-50-32)18-30(17-28)39-48-45-36(57-39)27-12-6-9-24(15-27)33-42-21(3)54-51-33/h4-18H,1-3H3. The molecule has 0 aliphatic heterocycles. The lowest BCUT2D eigenvalue weighted by atomic mass is 10.1. The number of benzene rings is 4. The molecule has 0 N–H and O–H groups in total. The average molecular weight is 805 g/mol. The van der Waals surface area contributed by atoms with Crippen molar-refractivity contribution in [3.63, 3.8) is 0 Å². The van der Waals surface area contributed by atoms with Crippen LogP contribution in [-0.2, 0) is 0 Å². The Morgan fingerprint density at radius 3 is 0.842 bits per heavy atom. The second-order valence-corrected chi connectivity index (χ2v) is 15.6. The molecule has 0 fully saturated rings. The van der Waals surface area contributed by atoms with Crippen LogP contribution in [0.15, 0.2) is 105 Å². The summed E-state index contributed by atoms with van der Waals surface area (Å²) >= 11 is 4.42. The van der Waals surface area contributed by atoms with E-state index in [-0.39, 0.29) is 0 Å². The van der Waals surface area contributed by atoms with E-state index in [1.54, 1.807) is 20.8 Å². The minimum absolute atomic E-state index is 0.495. The Labute approximate surface area is 334 Å². The molecule has 10 aromatic rings. The number of rotatable bonds is 9. The van der Waals surface area contributed by atoms with Gasteiger partial charge in [-0.3, -0.25) is 0 Å². The summed E-state index contributed by atoms with van der Waals surface area (Å²) < 4.78 is 15.6. The van der Waals surface area contributed by atoms with E-state index in [0.29, 0.717) is 35.1 Å². The van der Waals surface area contributed by atoms with Crippen LogP contribution in [-0.4, -0.2) is 61.0 Å². The molecule has 0 unspecified atom stereocenters. The summed E-state index contributed by atoms with van der Waals surface area (Å²) in [5, 5.41) is 44.3. The lowest BCUT2D eigenvalue weighted by Gasteiger charge is -2.04. The van der Waals surface area contributed by atoms with Crippen molar-refractivity contribution in [1.82, 2.24) is 61.0 Å². The Hall–Kier alpha value is -7.02. The molecule has 0 saturated heterocycles. The van der Waals surface area contributed by atoms with Gasteiger partial charge >= 0.3 is 0 Å². The van der Waals surface area contributed by atoms with Crippen LogP contribution in [0.4, 0.5) is 0 Å². The predicted molar refractivity (Wildman–Crippen MR) is 214 cm³/mol.